The highest BCUT2D eigenvalue weighted by Crippen LogP contribution is 2.22. The predicted molar refractivity (Wildman–Crippen MR) is 37.0 cm³/mol. The van der Waals surface area contributed by atoms with Gasteiger partial charge in [0.1, 0.15) is 0 Å². The van der Waals surface area contributed by atoms with Crippen LogP contribution in [0.2, 0.25) is 0 Å². The van der Waals surface area contributed by atoms with Crippen LogP contribution in [0.4, 0.5) is 0 Å². The molecule has 0 amide bonds. The van der Waals surface area contributed by atoms with Gasteiger partial charge in [-0.05, 0) is 31.7 Å². The Morgan fingerprint density at radius 1 is 1.44 bits per heavy atom. The lowest BCUT2D eigenvalue weighted by Crippen LogP contribution is -2.25. The van der Waals surface area contributed by atoms with Crippen molar-refractivity contribution in [1.29, 1.82) is 0 Å². The van der Waals surface area contributed by atoms with Crippen LogP contribution >= 0.6 is 0 Å². The van der Waals surface area contributed by atoms with Gasteiger partial charge in [-0.1, -0.05) is 6.42 Å². The van der Waals surface area contributed by atoms with Crippen molar-refractivity contribution in [3.05, 3.63) is 0 Å². The molecule has 1 aliphatic carbocycles. The third-order valence-corrected chi connectivity index (χ3v) is 2.09. The largest absolute Gasteiger partial charge is 0.393 e. The Morgan fingerprint density at radius 2 is 2.22 bits per heavy atom. The lowest BCUT2D eigenvalue weighted by atomic mass is 9.87. The molecule has 0 saturated heterocycles. The van der Waals surface area contributed by atoms with E-state index in [4.69, 9.17) is 10.8 Å². The number of hydrogen-bond acceptors (Lipinski definition) is 2. The fourth-order valence-corrected chi connectivity index (χ4v) is 1.48. The quantitative estimate of drug-likeness (QED) is 0.541. The van der Waals surface area contributed by atoms with E-state index in [1.54, 1.807) is 0 Å². The maximum Gasteiger partial charge on any atom is 0.0543 e. The summed E-state index contributed by atoms with van der Waals surface area (Å²) in [7, 11) is 0. The molecule has 0 aromatic rings. The summed E-state index contributed by atoms with van der Waals surface area (Å²) in [6, 6.07) is 0. The molecule has 0 bridgehead atoms. The summed E-state index contributed by atoms with van der Waals surface area (Å²) in [5, 5.41) is 9.16. The first-order valence-corrected chi connectivity index (χ1v) is 3.71. The van der Waals surface area contributed by atoms with Crippen molar-refractivity contribution in [1.82, 2.24) is 0 Å². The van der Waals surface area contributed by atoms with Gasteiger partial charge in [-0.15, -0.1) is 0 Å². The van der Waals surface area contributed by atoms with Crippen LogP contribution in [0, 0.1) is 5.92 Å². The van der Waals surface area contributed by atoms with Crippen molar-refractivity contribution in [2.75, 3.05) is 6.54 Å². The Labute approximate surface area is 56.1 Å². The third-order valence-electron chi connectivity index (χ3n) is 2.09. The zero-order valence-corrected chi connectivity index (χ0v) is 5.71. The second kappa shape index (κ2) is 3.18. The summed E-state index contributed by atoms with van der Waals surface area (Å²) in [5.74, 6) is 0.591. The highest BCUT2D eigenvalue weighted by Gasteiger charge is 2.17. The molecule has 0 spiro atoms. The monoisotopic (exact) mass is 129 g/mol. The fraction of sp³-hybridized carbons (Fsp3) is 1.00. The van der Waals surface area contributed by atoms with Gasteiger partial charge in [0, 0.05) is 0 Å². The Bertz CT molecular complexity index is 85.0. The van der Waals surface area contributed by atoms with E-state index in [9.17, 15) is 0 Å². The number of aliphatic hydroxyl groups is 1. The second-order valence-electron chi connectivity index (χ2n) is 2.92. The maximum absolute atomic E-state index is 9.16. The number of aliphatic hydroxyl groups excluding tert-OH is 1. The smallest absolute Gasteiger partial charge is 0.0543 e. The van der Waals surface area contributed by atoms with Crippen LogP contribution < -0.4 is 5.73 Å². The van der Waals surface area contributed by atoms with Crippen molar-refractivity contribution < 1.29 is 5.11 Å². The minimum atomic E-state index is -0.0627. The van der Waals surface area contributed by atoms with Crippen molar-refractivity contribution in [3.63, 3.8) is 0 Å². The summed E-state index contributed by atoms with van der Waals surface area (Å²) in [4.78, 5) is 0. The van der Waals surface area contributed by atoms with E-state index in [0.29, 0.717) is 5.92 Å². The number of rotatable bonds is 1. The Balaban J connectivity index is 2.23. The molecule has 1 fully saturated rings. The van der Waals surface area contributed by atoms with Crippen molar-refractivity contribution in [2.45, 2.75) is 31.8 Å². The van der Waals surface area contributed by atoms with Crippen molar-refractivity contribution >= 4 is 0 Å². The Kier molecular flexibility index (Phi) is 2.49. The minimum absolute atomic E-state index is 0.0627. The molecular weight excluding hydrogens is 114 g/mol. The Hall–Kier alpha value is -0.0800. The molecule has 0 aromatic carbocycles. The van der Waals surface area contributed by atoms with Gasteiger partial charge < -0.3 is 10.8 Å². The first-order valence-electron chi connectivity index (χ1n) is 3.71. The molecule has 0 unspecified atom stereocenters. The summed E-state index contributed by atoms with van der Waals surface area (Å²) in [6.07, 6.45) is 4.22. The second-order valence-corrected chi connectivity index (χ2v) is 2.92. The van der Waals surface area contributed by atoms with Crippen molar-refractivity contribution in [2.24, 2.45) is 11.7 Å². The minimum Gasteiger partial charge on any atom is -0.393 e. The third kappa shape index (κ3) is 1.95. The maximum atomic E-state index is 9.16. The molecule has 1 aliphatic rings. The first-order chi connectivity index (χ1) is 4.33. The van der Waals surface area contributed by atoms with Crippen LogP contribution in [0.25, 0.3) is 0 Å². The normalized spacial score (nSPS) is 36.7. The van der Waals surface area contributed by atoms with Gasteiger partial charge in [-0.3, -0.25) is 0 Å². The van der Waals surface area contributed by atoms with Crippen LogP contribution in [0.1, 0.15) is 25.7 Å². The van der Waals surface area contributed by atoms with Crippen LogP contribution in [-0.2, 0) is 0 Å². The van der Waals surface area contributed by atoms with Gasteiger partial charge in [0.25, 0.3) is 0 Å². The van der Waals surface area contributed by atoms with Crippen LogP contribution in [-0.4, -0.2) is 17.8 Å². The van der Waals surface area contributed by atoms with Gasteiger partial charge >= 0.3 is 0 Å². The van der Waals surface area contributed by atoms with E-state index in [2.05, 4.69) is 0 Å². The highest BCUT2D eigenvalue weighted by atomic mass is 16.3. The van der Waals surface area contributed by atoms with Gasteiger partial charge in [-0.25, -0.2) is 0 Å². The number of hydrogen-bond donors (Lipinski definition) is 2. The molecule has 1 rings (SSSR count). The van der Waals surface area contributed by atoms with Gasteiger partial charge in [0.05, 0.1) is 6.10 Å². The summed E-state index contributed by atoms with van der Waals surface area (Å²) >= 11 is 0. The molecule has 2 nitrogen and oxygen atoms in total. The van der Waals surface area contributed by atoms with Crippen LogP contribution in [0.15, 0.2) is 0 Å². The molecular formula is C7H15NO. The summed E-state index contributed by atoms with van der Waals surface area (Å²) in [5.41, 5.74) is 5.45. The van der Waals surface area contributed by atoms with Crippen molar-refractivity contribution in [3.8, 4) is 0 Å². The van der Waals surface area contributed by atoms with Crippen LogP contribution in [0.5, 0.6) is 0 Å². The van der Waals surface area contributed by atoms with E-state index in [1.165, 1.54) is 6.42 Å². The van der Waals surface area contributed by atoms with E-state index in [0.717, 1.165) is 25.8 Å². The lowest BCUT2D eigenvalue weighted by Gasteiger charge is -2.24. The molecule has 0 aromatic heterocycles. The SMILES string of the molecule is NC[C@@H]1CCC[C@H](O)C1. The lowest BCUT2D eigenvalue weighted by molar-refractivity contribution is 0.103. The summed E-state index contributed by atoms with van der Waals surface area (Å²) < 4.78 is 0. The molecule has 0 heterocycles. The van der Waals surface area contributed by atoms with E-state index < -0.39 is 0 Å². The zero-order valence-electron chi connectivity index (χ0n) is 5.71. The van der Waals surface area contributed by atoms with E-state index >= 15 is 0 Å². The molecule has 9 heavy (non-hydrogen) atoms. The molecule has 54 valence electrons. The van der Waals surface area contributed by atoms with Gasteiger partial charge in [-0.2, -0.15) is 0 Å². The van der Waals surface area contributed by atoms with E-state index in [-0.39, 0.29) is 6.10 Å². The van der Waals surface area contributed by atoms with Gasteiger partial charge in [0.15, 0.2) is 0 Å². The first kappa shape index (κ1) is 7.03. The molecule has 0 aliphatic heterocycles. The predicted octanol–water partition coefficient (Wildman–Crippen LogP) is 0.496. The van der Waals surface area contributed by atoms with Crippen LogP contribution in [0.3, 0.4) is 0 Å². The zero-order chi connectivity index (χ0) is 6.69. The average Bonchev–Trinajstić information content (AvgIpc) is 1.88. The topological polar surface area (TPSA) is 46.2 Å². The highest BCUT2D eigenvalue weighted by molar-refractivity contribution is 4.71. The average molecular weight is 129 g/mol. The molecule has 2 heteroatoms. The molecule has 3 N–H and O–H groups in total. The Morgan fingerprint density at radius 3 is 2.67 bits per heavy atom. The number of nitrogens with two attached hydrogens (primary N) is 1. The molecule has 0 radical (unpaired) electrons. The summed E-state index contributed by atoms with van der Waals surface area (Å²) in [6.45, 7) is 0.747. The standard InChI is InChI=1S/C7H15NO/c8-5-6-2-1-3-7(9)4-6/h6-7,9H,1-5,8H2/t6-,7+/m1/s1. The van der Waals surface area contributed by atoms with E-state index in [1.807, 2.05) is 0 Å². The fourth-order valence-electron chi connectivity index (χ4n) is 1.48. The molecule has 1 saturated carbocycles. The molecule has 2 atom stereocenters. The van der Waals surface area contributed by atoms with Gasteiger partial charge in [0.2, 0.25) is 0 Å².